The number of likely N-dealkylation sites (N-methyl/N-ethyl adjacent to an activating group) is 1. The number of hydrogen-bond acceptors (Lipinski definition) is 3. The molecule has 0 amide bonds. The van der Waals surface area contributed by atoms with Crippen molar-refractivity contribution in [2.24, 2.45) is 11.3 Å². The van der Waals surface area contributed by atoms with Gasteiger partial charge in [-0.15, -0.1) is 0 Å². The SMILES string of the molecule is Cc1cc(C2CN(C)CCC2(C)C)n2nc(C3CCC(C(F)(F)F)CC3)cc2n1. The van der Waals surface area contributed by atoms with Crippen LogP contribution >= 0.6 is 0 Å². The van der Waals surface area contributed by atoms with Crippen molar-refractivity contribution in [1.29, 1.82) is 0 Å². The summed E-state index contributed by atoms with van der Waals surface area (Å²) in [5.41, 5.74) is 4.00. The molecule has 1 atom stereocenters. The van der Waals surface area contributed by atoms with E-state index < -0.39 is 12.1 Å². The van der Waals surface area contributed by atoms with Crippen molar-refractivity contribution >= 4 is 5.65 Å². The number of aromatic nitrogens is 3. The van der Waals surface area contributed by atoms with E-state index in [0.717, 1.165) is 36.5 Å². The third-order valence-corrected chi connectivity index (χ3v) is 7.14. The molecule has 0 aromatic carbocycles. The van der Waals surface area contributed by atoms with Gasteiger partial charge in [0.2, 0.25) is 0 Å². The number of rotatable bonds is 2. The summed E-state index contributed by atoms with van der Waals surface area (Å²) in [6, 6.07) is 4.13. The van der Waals surface area contributed by atoms with Gasteiger partial charge in [0.15, 0.2) is 5.65 Å². The van der Waals surface area contributed by atoms with Gasteiger partial charge in [0.1, 0.15) is 0 Å². The highest BCUT2D eigenvalue weighted by Gasteiger charge is 2.42. The van der Waals surface area contributed by atoms with Crippen LogP contribution in [0.1, 0.15) is 74.9 Å². The molecule has 4 nitrogen and oxygen atoms in total. The second-order valence-electron chi connectivity index (χ2n) is 9.81. The molecule has 160 valence electrons. The van der Waals surface area contributed by atoms with E-state index in [0.29, 0.717) is 18.8 Å². The maximum absolute atomic E-state index is 13.0. The van der Waals surface area contributed by atoms with Crippen molar-refractivity contribution in [3.8, 4) is 0 Å². The normalized spacial score (nSPS) is 28.7. The predicted molar refractivity (Wildman–Crippen MR) is 107 cm³/mol. The van der Waals surface area contributed by atoms with E-state index in [9.17, 15) is 13.2 Å². The number of likely N-dealkylation sites (tertiary alicyclic amines) is 1. The highest BCUT2D eigenvalue weighted by molar-refractivity contribution is 5.43. The Balaban J connectivity index is 1.66. The van der Waals surface area contributed by atoms with Gasteiger partial charge in [0.25, 0.3) is 0 Å². The van der Waals surface area contributed by atoms with E-state index in [4.69, 9.17) is 5.10 Å². The van der Waals surface area contributed by atoms with E-state index in [1.807, 2.05) is 17.5 Å². The van der Waals surface area contributed by atoms with Gasteiger partial charge in [-0.25, -0.2) is 9.50 Å². The zero-order chi connectivity index (χ0) is 21.0. The van der Waals surface area contributed by atoms with E-state index in [1.54, 1.807) is 0 Å². The van der Waals surface area contributed by atoms with Gasteiger partial charge in [-0.3, -0.25) is 0 Å². The van der Waals surface area contributed by atoms with Gasteiger partial charge in [0.05, 0.1) is 17.3 Å². The van der Waals surface area contributed by atoms with Gasteiger partial charge in [-0.05, 0) is 64.1 Å². The molecule has 2 aliphatic rings. The number of alkyl halides is 3. The van der Waals surface area contributed by atoms with Crippen molar-refractivity contribution in [3.05, 3.63) is 29.2 Å². The second kappa shape index (κ2) is 7.25. The first-order valence-corrected chi connectivity index (χ1v) is 10.7. The Kier molecular flexibility index (Phi) is 5.16. The molecule has 0 spiro atoms. The van der Waals surface area contributed by atoms with Crippen LogP contribution in [-0.2, 0) is 0 Å². The lowest BCUT2D eigenvalue weighted by Gasteiger charge is -2.42. The molecule has 1 aliphatic heterocycles. The van der Waals surface area contributed by atoms with Crippen molar-refractivity contribution in [2.75, 3.05) is 20.1 Å². The first-order chi connectivity index (χ1) is 13.5. The zero-order valence-electron chi connectivity index (χ0n) is 17.8. The van der Waals surface area contributed by atoms with Gasteiger partial charge in [0, 0.05) is 30.1 Å². The van der Waals surface area contributed by atoms with E-state index in [-0.39, 0.29) is 24.2 Å². The molecule has 0 N–H and O–H groups in total. The lowest BCUT2D eigenvalue weighted by Crippen LogP contribution is -2.42. The maximum Gasteiger partial charge on any atom is 0.391 e. The lowest BCUT2D eigenvalue weighted by molar-refractivity contribution is -0.182. The summed E-state index contributed by atoms with van der Waals surface area (Å²) in [6.07, 6.45) is -1.48. The van der Waals surface area contributed by atoms with Crippen LogP contribution < -0.4 is 0 Å². The molecule has 3 heterocycles. The Hall–Kier alpha value is -1.63. The summed E-state index contributed by atoms with van der Waals surface area (Å²) in [5, 5.41) is 4.88. The van der Waals surface area contributed by atoms with Gasteiger partial charge in [-0.2, -0.15) is 18.3 Å². The van der Waals surface area contributed by atoms with Crippen molar-refractivity contribution in [1.82, 2.24) is 19.5 Å². The smallest absolute Gasteiger partial charge is 0.306 e. The van der Waals surface area contributed by atoms with Crippen LogP contribution in [0.5, 0.6) is 0 Å². The van der Waals surface area contributed by atoms with Crippen LogP contribution in [0.25, 0.3) is 5.65 Å². The summed E-state index contributed by atoms with van der Waals surface area (Å²) >= 11 is 0. The molecule has 4 rings (SSSR count). The summed E-state index contributed by atoms with van der Waals surface area (Å²) in [7, 11) is 2.15. The molecular formula is C22H31F3N4. The number of hydrogen-bond donors (Lipinski definition) is 0. The Labute approximate surface area is 170 Å². The van der Waals surface area contributed by atoms with Crippen LogP contribution in [-0.4, -0.2) is 45.8 Å². The molecule has 0 bridgehead atoms. The maximum atomic E-state index is 13.0. The fraction of sp³-hybridized carbons (Fsp3) is 0.727. The molecule has 0 radical (unpaired) electrons. The Bertz CT molecular complexity index is 878. The molecule has 1 saturated heterocycles. The molecular weight excluding hydrogens is 377 g/mol. The minimum atomic E-state index is -4.08. The van der Waals surface area contributed by atoms with Gasteiger partial charge >= 0.3 is 6.18 Å². The van der Waals surface area contributed by atoms with E-state index >= 15 is 0 Å². The van der Waals surface area contributed by atoms with Crippen LogP contribution in [0.15, 0.2) is 12.1 Å². The quantitative estimate of drug-likeness (QED) is 0.674. The summed E-state index contributed by atoms with van der Waals surface area (Å²) in [6.45, 7) is 8.69. The number of piperidine rings is 1. The largest absolute Gasteiger partial charge is 0.391 e. The second-order valence-corrected chi connectivity index (χ2v) is 9.81. The number of nitrogens with zero attached hydrogens (tertiary/aromatic N) is 4. The van der Waals surface area contributed by atoms with E-state index in [1.165, 1.54) is 5.69 Å². The van der Waals surface area contributed by atoms with Crippen LogP contribution in [0.2, 0.25) is 0 Å². The lowest BCUT2D eigenvalue weighted by atomic mass is 9.71. The molecule has 29 heavy (non-hydrogen) atoms. The summed E-state index contributed by atoms with van der Waals surface area (Å²) < 4.78 is 41.0. The average molecular weight is 409 g/mol. The highest BCUT2D eigenvalue weighted by Crippen LogP contribution is 2.44. The monoisotopic (exact) mass is 408 g/mol. The predicted octanol–water partition coefficient (Wildman–Crippen LogP) is 5.32. The zero-order valence-corrected chi connectivity index (χ0v) is 17.8. The number of aryl methyl sites for hydroxylation is 1. The Morgan fingerprint density at radius 2 is 1.79 bits per heavy atom. The molecule has 1 aliphatic carbocycles. The third-order valence-electron chi connectivity index (χ3n) is 7.14. The Morgan fingerprint density at radius 3 is 2.45 bits per heavy atom. The topological polar surface area (TPSA) is 33.4 Å². The van der Waals surface area contributed by atoms with Crippen LogP contribution in [0.3, 0.4) is 0 Å². The molecule has 2 aromatic heterocycles. The first kappa shape index (κ1) is 20.6. The molecule has 2 aromatic rings. The fourth-order valence-corrected chi connectivity index (χ4v) is 5.11. The van der Waals surface area contributed by atoms with Crippen LogP contribution in [0.4, 0.5) is 13.2 Å². The van der Waals surface area contributed by atoms with Crippen molar-refractivity contribution in [3.63, 3.8) is 0 Å². The minimum Gasteiger partial charge on any atom is -0.306 e. The van der Waals surface area contributed by atoms with Gasteiger partial charge < -0.3 is 4.90 Å². The molecule has 2 fully saturated rings. The highest BCUT2D eigenvalue weighted by atomic mass is 19.4. The standard InChI is InChI=1S/C22H31F3N4/c1-14-11-19(17-13-28(4)10-9-21(17,2)3)29-20(26-14)12-18(27-29)15-5-7-16(8-6-15)22(23,24)25/h11-12,15-17H,5-10,13H2,1-4H3. The van der Waals surface area contributed by atoms with Crippen molar-refractivity contribution < 1.29 is 13.2 Å². The third kappa shape index (κ3) is 4.03. The molecule has 1 saturated carbocycles. The van der Waals surface area contributed by atoms with Crippen molar-refractivity contribution in [2.45, 2.75) is 70.9 Å². The fourth-order valence-electron chi connectivity index (χ4n) is 5.11. The first-order valence-electron chi connectivity index (χ1n) is 10.7. The number of halogens is 3. The molecule has 1 unspecified atom stereocenters. The van der Waals surface area contributed by atoms with Gasteiger partial charge in [-0.1, -0.05) is 13.8 Å². The van der Waals surface area contributed by atoms with Crippen LogP contribution in [0, 0.1) is 18.3 Å². The summed E-state index contributed by atoms with van der Waals surface area (Å²) in [4.78, 5) is 7.04. The Morgan fingerprint density at radius 1 is 1.10 bits per heavy atom. The van der Waals surface area contributed by atoms with E-state index in [2.05, 4.69) is 36.8 Å². The average Bonchev–Trinajstić information content (AvgIpc) is 3.06. The number of fused-ring (bicyclic) bond motifs is 1. The minimum absolute atomic E-state index is 0.0884. The summed E-state index contributed by atoms with van der Waals surface area (Å²) in [5.74, 6) is -0.741. The molecule has 7 heteroatoms.